The summed E-state index contributed by atoms with van der Waals surface area (Å²) in [7, 11) is 0. The summed E-state index contributed by atoms with van der Waals surface area (Å²) < 4.78 is 0. The van der Waals surface area contributed by atoms with Crippen molar-refractivity contribution < 1.29 is 19.5 Å². The largest absolute Gasteiger partial charge is 0.481 e. The Morgan fingerprint density at radius 1 is 1.16 bits per heavy atom. The molecule has 0 aromatic heterocycles. The number of carbonyl (C=O) groups is 3. The average Bonchev–Trinajstić information content (AvgIpc) is 3.13. The van der Waals surface area contributed by atoms with Crippen LogP contribution in [-0.4, -0.2) is 46.9 Å². The molecule has 1 aliphatic heterocycles. The Bertz CT molecular complexity index is 544. The van der Waals surface area contributed by atoms with Gasteiger partial charge in [-0.25, -0.2) is 0 Å². The van der Waals surface area contributed by atoms with Gasteiger partial charge in [0.25, 0.3) is 0 Å². The molecular formula is C19H30N2O4. The molecule has 3 fully saturated rings. The molecule has 3 atom stereocenters. The summed E-state index contributed by atoms with van der Waals surface area (Å²) in [5.41, 5.74) is -0.762. The third kappa shape index (κ3) is 3.67. The quantitative estimate of drug-likeness (QED) is 0.795. The third-order valence-electron chi connectivity index (χ3n) is 6.56. The van der Waals surface area contributed by atoms with E-state index in [-0.39, 0.29) is 24.3 Å². The van der Waals surface area contributed by atoms with Gasteiger partial charge in [-0.05, 0) is 44.4 Å². The van der Waals surface area contributed by atoms with E-state index in [0.717, 1.165) is 25.7 Å². The standard InChI is InChI=1S/C19H30N2O4/c1-13(20-16(22)10-14-6-3-2-4-7-14)17(23)21-11-15-8-5-9-19(15,12-21)18(24)25/h13-15H,2-12H2,1H3,(H,20,22)(H,24,25)/t13?,15-,19+/m0/s1. The van der Waals surface area contributed by atoms with E-state index in [9.17, 15) is 19.5 Å². The van der Waals surface area contributed by atoms with Crippen molar-refractivity contribution in [1.29, 1.82) is 0 Å². The third-order valence-corrected chi connectivity index (χ3v) is 6.56. The molecule has 6 nitrogen and oxygen atoms in total. The highest BCUT2D eigenvalue weighted by Gasteiger charge is 2.56. The maximum Gasteiger partial charge on any atom is 0.311 e. The minimum atomic E-state index is -0.778. The molecule has 3 aliphatic rings. The summed E-state index contributed by atoms with van der Waals surface area (Å²) in [5.74, 6) is -0.483. The first-order chi connectivity index (χ1) is 11.9. The van der Waals surface area contributed by atoms with Gasteiger partial charge in [0.2, 0.25) is 11.8 Å². The number of nitrogens with one attached hydrogen (secondary N) is 1. The fraction of sp³-hybridized carbons (Fsp3) is 0.842. The summed E-state index contributed by atoms with van der Waals surface area (Å²) in [5, 5.41) is 12.5. The van der Waals surface area contributed by atoms with Crippen molar-refractivity contribution in [3.63, 3.8) is 0 Å². The molecule has 1 saturated heterocycles. The van der Waals surface area contributed by atoms with Gasteiger partial charge in [0.1, 0.15) is 6.04 Å². The molecule has 2 saturated carbocycles. The fourth-order valence-electron chi connectivity index (χ4n) is 5.10. The molecule has 1 unspecified atom stereocenters. The number of hydrogen-bond donors (Lipinski definition) is 2. The number of amides is 2. The molecule has 2 amide bonds. The molecule has 0 bridgehead atoms. The molecule has 0 aromatic carbocycles. The van der Waals surface area contributed by atoms with Crippen molar-refractivity contribution in [3.8, 4) is 0 Å². The van der Waals surface area contributed by atoms with Crippen LogP contribution in [0.15, 0.2) is 0 Å². The maximum absolute atomic E-state index is 12.7. The fourth-order valence-corrected chi connectivity index (χ4v) is 5.10. The SMILES string of the molecule is CC(NC(=O)CC1CCCCC1)C(=O)N1C[C@@H]2CCC[C@@]2(C(=O)O)C1. The lowest BCUT2D eigenvalue weighted by atomic mass is 9.81. The van der Waals surface area contributed by atoms with Crippen LogP contribution >= 0.6 is 0 Å². The van der Waals surface area contributed by atoms with E-state index in [1.165, 1.54) is 19.3 Å². The Balaban J connectivity index is 1.52. The molecule has 2 aliphatic carbocycles. The predicted octanol–water partition coefficient (Wildman–Crippen LogP) is 2.17. The number of rotatable bonds is 5. The van der Waals surface area contributed by atoms with E-state index in [4.69, 9.17) is 0 Å². The van der Waals surface area contributed by atoms with Crippen LogP contribution in [0, 0.1) is 17.3 Å². The maximum atomic E-state index is 12.7. The first-order valence-electron chi connectivity index (χ1n) is 9.74. The van der Waals surface area contributed by atoms with Crippen molar-refractivity contribution in [1.82, 2.24) is 10.2 Å². The number of carbonyl (C=O) groups excluding carboxylic acids is 2. The topological polar surface area (TPSA) is 86.7 Å². The minimum Gasteiger partial charge on any atom is -0.481 e. The summed E-state index contributed by atoms with van der Waals surface area (Å²) in [4.78, 5) is 38.3. The van der Waals surface area contributed by atoms with Gasteiger partial charge in [0, 0.05) is 19.5 Å². The Hall–Kier alpha value is -1.59. The zero-order valence-corrected chi connectivity index (χ0v) is 15.1. The van der Waals surface area contributed by atoms with E-state index >= 15 is 0 Å². The van der Waals surface area contributed by atoms with Crippen LogP contribution in [0.4, 0.5) is 0 Å². The molecule has 140 valence electrons. The molecule has 25 heavy (non-hydrogen) atoms. The number of carboxylic acids is 1. The first kappa shape index (κ1) is 18.2. The number of fused-ring (bicyclic) bond motifs is 1. The highest BCUT2D eigenvalue weighted by atomic mass is 16.4. The minimum absolute atomic E-state index is 0.0547. The first-order valence-corrected chi connectivity index (χ1v) is 9.74. The van der Waals surface area contributed by atoms with Gasteiger partial charge in [-0.2, -0.15) is 0 Å². The van der Waals surface area contributed by atoms with E-state index in [2.05, 4.69) is 5.32 Å². The van der Waals surface area contributed by atoms with Crippen LogP contribution < -0.4 is 5.32 Å². The van der Waals surface area contributed by atoms with Gasteiger partial charge < -0.3 is 15.3 Å². The van der Waals surface area contributed by atoms with Crippen molar-refractivity contribution in [2.45, 2.75) is 70.8 Å². The van der Waals surface area contributed by atoms with Crippen LogP contribution in [0.1, 0.15) is 64.7 Å². The Morgan fingerprint density at radius 3 is 2.52 bits per heavy atom. The summed E-state index contributed by atoms with van der Waals surface area (Å²) >= 11 is 0. The van der Waals surface area contributed by atoms with E-state index in [1.807, 2.05) is 0 Å². The van der Waals surface area contributed by atoms with Gasteiger partial charge >= 0.3 is 5.97 Å². The van der Waals surface area contributed by atoms with Crippen LogP contribution in [0.25, 0.3) is 0 Å². The molecule has 3 rings (SSSR count). The molecule has 0 radical (unpaired) electrons. The van der Waals surface area contributed by atoms with Gasteiger partial charge in [-0.15, -0.1) is 0 Å². The normalized spacial score (nSPS) is 30.8. The van der Waals surface area contributed by atoms with Crippen molar-refractivity contribution >= 4 is 17.8 Å². The number of hydrogen-bond acceptors (Lipinski definition) is 3. The molecule has 1 heterocycles. The zero-order valence-electron chi connectivity index (χ0n) is 15.1. The van der Waals surface area contributed by atoms with E-state index in [0.29, 0.717) is 25.3 Å². The predicted molar refractivity (Wildman–Crippen MR) is 92.8 cm³/mol. The smallest absolute Gasteiger partial charge is 0.311 e. The Kier molecular flexibility index (Phi) is 5.35. The second-order valence-corrected chi connectivity index (χ2v) is 8.27. The molecule has 6 heteroatoms. The number of nitrogens with zero attached hydrogens (tertiary/aromatic N) is 1. The number of carboxylic acid groups (broad SMARTS) is 1. The van der Waals surface area contributed by atoms with Gasteiger partial charge in [0.05, 0.1) is 5.41 Å². The molecular weight excluding hydrogens is 320 g/mol. The summed E-state index contributed by atoms with van der Waals surface area (Å²) in [6.07, 6.45) is 8.80. The van der Waals surface area contributed by atoms with E-state index in [1.54, 1.807) is 11.8 Å². The highest BCUT2D eigenvalue weighted by Crippen LogP contribution is 2.48. The van der Waals surface area contributed by atoms with E-state index < -0.39 is 17.4 Å². The Labute approximate surface area is 149 Å². The second kappa shape index (κ2) is 7.34. The monoisotopic (exact) mass is 350 g/mol. The Morgan fingerprint density at radius 2 is 1.88 bits per heavy atom. The van der Waals surface area contributed by atoms with Gasteiger partial charge in [-0.1, -0.05) is 25.7 Å². The van der Waals surface area contributed by atoms with Crippen LogP contribution in [0.2, 0.25) is 0 Å². The lowest BCUT2D eigenvalue weighted by Gasteiger charge is -2.26. The van der Waals surface area contributed by atoms with Crippen LogP contribution in [0.3, 0.4) is 0 Å². The molecule has 0 aromatic rings. The van der Waals surface area contributed by atoms with Crippen molar-refractivity contribution in [3.05, 3.63) is 0 Å². The summed E-state index contributed by atoms with van der Waals surface area (Å²) in [6, 6.07) is -0.583. The second-order valence-electron chi connectivity index (χ2n) is 8.27. The number of likely N-dealkylation sites (tertiary alicyclic amines) is 1. The average molecular weight is 350 g/mol. The zero-order chi connectivity index (χ0) is 18.0. The highest BCUT2D eigenvalue weighted by molar-refractivity contribution is 5.88. The van der Waals surface area contributed by atoms with Crippen molar-refractivity contribution in [2.75, 3.05) is 13.1 Å². The van der Waals surface area contributed by atoms with Crippen LogP contribution in [-0.2, 0) is 14.4 Å². The number of aliphatic carboxylic acids is 1. The summed E-state index contributed by atoms with van der Waals surface area (Å²) in [6.45, 7) is 2.51. The van der Waals surface area contributed by atoms with Crippen molar-refractivity contribution in [2.24, 2.45) is 17.3 Å². The molecule has 0 spiro atoms. The van der Waals surface area contributed by atoms with Gasteiger partial charge in [0.15, 0.2) is 0 Å². The van der Waals surface area contributed by atoms with Crippen LogP contribution in [0.5, 0.6) is 0 Å². The lowest BCUT2D eigenvalue weighted by molar-refractivity contribution is -0.149. The molecule has 2 N–H and O–H groups in total. The van der Waals surface area contributed by atoms with Gasteiger partial charge in [-0.3, -0.25) is 14.4 Å². The lowest BCUT2D eigenvalue weighted by Crippen LogP contribution is -2.47.